The number of benzene rings is 5. The Kier molecular flexibility index (Phi) is 5.72. The summed E-state index contributed by atoms with van der Waals surface area (Å²) in [6.45, 7) is 9.71. The molecule has 0 radical (unpaired) electrons. The van der Waals surface area contributed by atoms with Crippen molar-refractivity contribution in [3.05, 3.63) is 138 Å². The van der Waals surface area contributed by atoms with Gasteiger partial charge in [0.25, 0.3) is 0 Å². The number of nitrogens with zero attached hydrogens (tertiary/aromatic N) is 1. The molecule has 11 rings (SSSR count). The first kappa shape index (κ1) is 29.4. The highest BCUT2D eigenvalue weighted by atomic mass is 16.5. The van der Waals surface area contributed by atoms with E-state index in [-0.39, 0.29) is 16.2 Å². The molecule has 0 N–H and O–H groups in total. The van der Waals surface area contributed by atoms with Crippen LogP contribution in [0.4, 0.5) is 17.1 Å². The third kappa shape index (κ3) is 3.56. The van der Waals surface area contributed by atoms with Crippen LogP contribution in [0.3, 0.4) is 0 Å². The third-order valence-corrected chi connectivity index (χ3v) is 15.0. The Labute approximate surface area is 297 Å². The van der Waals surface area contributed by atoms with Gasteiger partial charge in [-0.2, -0.15) is 0 Å². The molecule has 5 aromatic carbocycles. The molecular weight excluding hydrogens is 607 g/mol. The molecule has 4 fully saturated rings. The highest BCUT2D eigenvalue weighted by Crippen LogP contribution is 2.89. The van der Waals surface area contributed by atoms with E-state index in [0.717, 1.165) is 29.0 Å². The zero-order chi connectivity index (χ0) is 33.6. The average Bonchev–Trinajstić information content (AvgIpc) is 3.66. The van der Waals surface area contributed by atoms with Crippen LogP contribution in [0.1, 0.15) is 88.5 Å². The monoisotopic (exact) mass is 653 g/mol. The second-order valence-electron chi connectivity index (χ2n) is 18.1. The maximum Gasteiger partial charge on any atom is 0.155 e. The number of hydrogen-bond donors (Lipinski definition) is 0. The smallest absolute Gasteiger partial charge is 0.155 e. The van der Waals surface area contributed by atoms with Crippen LogP contribution in [0, 0.1) is 29.1 Å². The van der Waals surface area contributed by atoms with Crippen molar-refractivity contribution >= 4 is 17.1 Å². The minimum absolute atomic E-state index is 0.000385. The van der Waals surface area contributed by atoms with E-state index in [4.69, 9.17) is 4.74 Å². The summed E-state index contributed by atoms with van der Waals surface area (Å²) in [6, 6.07) is 43.5. The highest BCUT2D eigenvalue weighted by molar-refractivity contribution is 5.84. The summed E-state index contributed by atoms with van der Waals surface area (Å²) < 4.78 is 7.29. The van der Waals surface area contributed by atoms with E-state index in [2.05, 4.69) is 148 Å². The summed E-state index contributed by atoms with van der Waals surface area (Å²) >= 11 is 0. The van der Waals surface area contributed by atoms with Crippen molar-refractivity contribution in [3.8, 4) is 22.6 Å². The van der Waals surface area contributed by atoms with Crippen LogP contribution in [0.25, 0.3) is 11.1 Å². The van der Waals surface area contributed by atoms with Crippen LogP contribution < -0.4 is 9.64 Å². The Morgan fingerprint density at radius 1 is 0.580 bits per heavy atom. The van der Waals surface area contributed by atoms with E-state index in [0.29, 0.717) is 17.3 Å². The molecule has 1 heterocycles. The molecule has 0 saturated heterocycles. The van der Waals surface area contributed by atoms with Crippen LogP contribution >= 0.6 is 0 Å². The number of fused-ring (bicyclic) bond motifs is 8. The average molecular weight is 654 g/mol. The van der Waals surface area contributed by atoms with Crippen molar-refractivity contribution < 1.29 is 4.74 Å². The van der Waals surface area contributed by atoms with Gasteiger partial charge in [-0.25, -0.2) is 0 Å². The molecule has 6 unspecified atom stereocenters. The predicted octanol–water partition coefficient (Wildman–Crippen LogP) is 12.6. The topological polar surface area (TPSA) is 12.5 Å². The van der Waals surface area contributed by atoms with Gasteiger partial charge >= 0.3 is 0 Å². The molecule has 2 bridgehead atoms. The lowest BCUT2D eigenvalue weighted by atomic mass is 9.26. The van der Waals surface area contributed by atoms with E-state index < -0.39 is 0 Å². The first-order valence-electron chi connectivity index (χ1n) is 19.2. The maximum atomic E-state index is 7.29. The summed E-state index contributed by atoms with van der Waals surface area (Å²) in [5.74, 6) is 5.34. The van der Waals surface area contributed by atoms with Gasteiger partial charge < -0.3 is 9.64 Å². The summed E-state index contributed by atoms with van der Waals surface area (Å²) in [7, 11) is 0. The quantitative estimate of drug-likeness (QED) is 0.191. The molecule has 5 aliphatic carbocycles. The zero-order valence-corrected chi connectivity index (χ0v) is 29.9. The number of rotatable bonds is 4. The van der Waals surface area contributed by atoms with Crippen LogP contribution in [-0.4, -0.2) is 0 Å². The fraction of sp³-hybridized carbons (Fsp3) is 0.375. The minimum Gasteiger partial charge on any atom is -0.455 e. The Morgan fingerprint density at radius 3 is 2.10 bits per heavy atom. The van der Waals surface area contributed by atoms with E-state index in [1.807, 2.05) is 0 Å². The first-order chi connectivity index (χ1) is 24.2. The Morgan fingerprint density at radius 2 is 1.32 bits per heavy atom. The summed E-state index contributed by atoms with van der Waals surface area (Å²) in [4.78, 5) is 2.49. The Hall–Kier alpha value is -4.30. The summed E-state index contributed by atoms with van der Waals surface area (Å²) in [5.41, 5.74) is 12.8. The van der Waals surface area contributed by atoms with Gasteiger partial charge in [-0.1, -0.05) is 100 Å². The molecule has 50 heavy (non-hydrogen) atoms. The van der Waals surface area contributed by atoms with E-state index in [1.54, 1.807) is 0 Å². The second kappa shape index (κ2) is 9.72. The lowest BCUT2D eigenvalue weighted by Gasteiger charge is -2.77. The van der Waals surface area contributed by atoms with Gasteiger partial charge in [0.2, 0.25) is 0 Å². The van der Waals surface area contributed by atoms with Crippen LogP contribution in [0.2, 0.25) is 0 Å². The maximum absolute atomic E-state index is 7.29. The van der Waals surface area contributed by atoms with Crippen molar-refractivity contribution in [1.82, 2.24) is 0 Å². The molecule has 2 heteroatoms. The standard InChI is InChI=1S/C48H47NO/c1-45(2)22-23-46(3,4)38-28-35(19-20-36(38)45)49(34-14-9-6-10-15-34)40-17-11-16-37-44(40)50-41-21-18-32(31-12-7-5-8-13-31)26-39(41)48(37)42-25-30-24-33-27-43(48)47(33,42)29-30/h5-21,26,28,30,33,42-43H,22-25,27,29H2,1-4H3. The van der Waals surface area contributed by atoms with Gasteiger partial charge in [-0.05, 0) is 143 Å². The molecular formula is C48H47NO. The van der Waals surface area contributed by atoms with Crippen molar-refractivity contribution in [1.29, 1.82) is 0 Å². The Balaban J connectivity index is 1.13. The summed E-state index contributed by atoms with van der Waals surface area (Å²) in [6.07, 6.45) is 8.07. The van der Waals surface area contributed by atoms with Crippen LogP contribution in [-0.2, 0) is 16.2 Å². The largest absolute Gasteiger partial charge is 0.455 e. The molecule has 4 saturated carbocycles. The normalized spacial score (nSPS) is 31.0. The second-order valence-corrected chi connectivity index (χ2v) is 18.1. The molecule has 6 atom stereocenters. The van der Waals surface area contributed by atoms with Crippen LogP contribution in [0.15, 0.2) is 115 Å². The SMILES string of the molecule is CC1(C)CCC(C)(C)c2cc(N(c3ccccc3)c3cccc4c3Oc3ccc(-c5ccccc5)cc3C43C4CC5CC6CC3C64C5)ccc21. The van der Waals surface area contributed by atoms with Crippen molar-refractivity contribution in [3.63, 3.8) is 0 Å². The van der Waals surface area contributed by atoms with E-state index in [1.165, 1.54) is 83.3 Å². The van der Waals surface area contributed by atoms with Gasteiger partial charge in [-0.3, -0.25) is 0 Å². The van der Waals surface area contributed by atoms with Gasteiger partial charge in [0.05, 0.1) is 5.69 Å². The first-order valence-corrected chi connectivity index (χ1v) is 19.2. The van der Waals surface area contributed by atoms with Gasteiger partial charge in [-0.15, -0.1) is 0 Å². The Bertz CT molecular complexity index is 2200. The lowest BCUT2D eigenvalue weighted by Crippen LogP contribution is -2.74. The molecule has 1 aliphatic heterocycles. The third-order valence-electron chi connectivity index (χ3n) is 15.0. The zero-order valence-electron chi connectivity index (χ0n) is 29.9. The molecule has 0 amide bonds. The minimum atomic E-state index is -0.000385. The van der Waals surface area contributed by atoms with E-state index >= 15 is 0 Å². The van der Waals surface area contributed by atoms with Crippen molar-refractivity contribution in [2.24, 2.45) is 29.1 Å². The number of ether oxygens (including phenoxy) is 1. The fourth-order valence-corrected chi connectivity index (χ4v) is 12.8. The molecule has 6 aliphatic rings. The molecule has 2 nitrogen and oxygen atoms in total. The predicted molar refractivity (Wildman–Crippen MR) is 204 cm³/mol. The number of hydrogen-bond acceptors (Lipinski definition) is 2. The number of para-hydroxylation sites is 2. The van der Waals surface area contributed by atoms with Crippen molar-refractivity contribution in [2.75, 3.05) is 4.90 Å². The van der Waals surface area contributed by atoms with Crippen LogP contribution in [0.5, 0.6) is 11.5 Å². The fourth-order valence-electron chi connectivity index (χ4n) is 12.8. The molecule has 0 aromatic heterocycles. The lowest BCUT2D eigenvalue weighted by molar-refractivity contribution is -0.235. The highest BCUT2D eigenvalue weighted by Gasteiger charge is 2.84. The van der Waals surface area contributed by atoms with E-state index in [9.17, 15) is 0 Å². The molecule has 250 valence electrons. The van der Waals surface area contributed by atoms with Gasteiger partial charge in [0, 0.05) is 27.9 Å². The molecule has 5 aromatic rings. The molecule has 2 spiro atoms. The van der Waals surface area contributed by atoms with Crippen molar-refractivity contribution in [2.45, 2.75) is 82.5 Å². The summed E-state index contributed by atoms with van der Waals surface area (Å²) in [5, 5.41) is 0. The van der Waals surface area contributed by atoms with Gasteiger partial charge in [0.15, 0.2) is 5.75 Å². The number of anilines is 3. The van der Waals surface area contributed by atoms with Gasteiger partial charge in [0.1, 0.15) is 5.75 Å².